The third kappa shape index (κ3) is 81.7. The number of hydrogen-bond acceptors (Lipinski definition) is 2. The molecule has 2 N–H and O–H groups in total. The third-order valence-electron chi connectivity index (χ3n) is 1.07. The molecule has 0 aliphatic carbocycles. The molecule has 0 aromatic heterocycles. The molecule has 0 aliphatic rings. The highest BCUT2D eigenvalue weighted by molar-refractivity contribution is 4.38. The summed E-state index contributed by atoms with van der Waals surface area (Å²) in [5.41, 5.74) is 0. The van der Waals surface area contributed by atoms with E-state index in [-0.39, 0.29) is 0 Å². The van der Waals surface area contributed by atoms with Gasteiger partial charge in [-0.05, 0) is 24.2 Å². The molecule has 0 aromatic carbocycles. The molecule has 2 heteroatoms. The Labute approximate surface area is 96.7 Å². The summed E-state index contributed by atoms with van der Waals surface area (Å²) in [6.07, 6.45) is 0.931. The first-order valence-corrected chi connectivity index (χ1v) is 5.99. The summed E-state index contributed by atoms with van der Waals surface area (Å²) in [7, 11) is 0. The van der Waals surface area contributed by atoms with E-state index in [1.165, 1.54) is 0 Å². The summed E-state index contributed by atoms with van der Waals surface area (Å²) in [6, 6.07) is 0. The molecule has 0 aromatic rings. The first-order valence-electron chi connectivity index (χ1n) is 5.99. The fourth-order valence-electron chi connectivity index (χ4n) is 0.258. The van der Waals surface area contributed by atoms with E-state index in [1.807, 2.05) is 13.8 Å². The van der Waals surface area contributed by atoms with Gasteiger partial charge in [0, 0.05) is 13.2 Å². The molecule has 0 rings (SSSR count). The zero-order valence-corrected chi connectivity index (χ0v) is 11.7. The normalized spacial score (nSPS) is 9.60. The molecule has 0 saturated heterocycles. The van der Waals surface area contributed by atoms with E-state index >= 15 is 0 Å². The summed E-state index contributed by atoms with van der Waals surface area (Å²) in [5, 5.41) is 16.4. The molecule has 0 atom stereocenters. The molecule has 15 heavy (non-hydrogen) atoms. The lowest BCUT2D eigenvalue weighted by atomic mass is 10.2. The van der Waals surface area contributed by atoms with Crippen molar-refractivity contribution < 1.29 is 10.2 Å². The number of hydrogen-bond donors (Lipinski definition) is 2. The average Bonchev–Trinajstić information content (AvgIpc) is 2.03. The van der Waals surface area contributed by atoms with Crippen LogP contribution in [0.4, 0.5) is 0 Å². The van der Waals surface area contributed by atoms with Crippen LogP contribution in [0.3, 0.4) is 0 Å². The largest absolute Gasteiger partial charge is 0.396 e. The summed E-state index contributed by atoms with van der Waals surface area (Å²) in [5.74, 6) is 1.92. The Morgan fingerprint density at radius 3 is 1.00 bits per heavy atom. The van der Waals surface area contributed by atoms with E-state index in [0.29, 0.717) is 25.0 Å². The second-order valence-corrected chi connectivity index (χ2v) is 5.21. The minimum Gasteiger partial charge on any atom is -0.396 e. The molecule has 0 radical (unpaired) electrons. The van der Waals surface area contributed by atoms with Gasteiger partial charge in [-0.25, -0.2) is 0 Å². The van der Waals surface area contributed by atoms with E-state index in [0.717, 1.165) is 12.3 Å². The number of rotatable bonds is 3. The van der Waals surface area contributed by atoms with Gasteiger partial charge in [0.25, 0.3) is 0 Å². The van der Waals surface area contributed by atoms with Gasteiger partial charge in [-0.1, -0.05) is 48.5 Å². The van der Waals surface area contributed by atoms with Gasteiger partial charge < -0.3 is 10.2 Å². The highest BCUT2D eigenvalue weighted by Crippen LogP contribution is 1.94. The van der Waals surface area contributed by atoms with Gasteiger partial charge in [0.1, 0.15) is 0 Å². The minimum absolute atomic E-state index is 0.306. The summed E-state index contributed by atoms with van der Waals surface area (Å²) in [6.45, 7) is 15.3. The Morgan fingerprint density at radius 2 is 1.00 bits per heavy atom. The molecular weight excluding hydrogens is 188 g/mol. The van der Waals surface area contributed by atoms with Crippen molar-refractivity contribution in [3.8, 4) is 0 Å². The molecular formula is C13H32O2. The molecule has 0 fully saturated rings. The van der Waals surface area contributed by atoms with Crippen molar-refractivity contribution in [2.24, 2.45) is 17.8 Å². The van der Waals surface area contributed by atoms with Gasteiger partial charge in [0.15, 0.2) is 0 Å². The summed E-state index contributed by atoms with van der Waals surface area (Å²) < 4.78 is 0. The molecule has 0 bridgehead atoms. The fourth-order valence-corrected chi connectivity index (χ4v) is 0.258. The lowest BCUT2D eigenvalue weighted by Crippen LogP contribution is -1.90. The third-order valence-corrected chi connectivity index (χ3v) is 1.07. The topological polar surface area (TPSA) is 40.5 Å². The van der Waals surface area contributed by atoms with Gasteiger partial charge in [0.2, 0.25) is 0 Å². The lowest BCUT2D eigenvalue weighted by molar-refractivity contribution is 0.248. The van der Waals surface area contributed by atoms with Crippen LogP contribution in [0, 0.1) is 17.8 Å². The molecule has 2 nitrogen and oxygen atoms in total. The van der Waals surface area contributed by atoms with Crippen LogP contribution in [0.15, 0.2) is 0 Å². The molecule has 0 aliphatic heterocycles. The summed E-state index contributed by atoms with van der Waals surface area (Å²) in [4.78, 5) is 0. The predicted molar refractivity (Wildman–Crippen MR) is 69.0 cm³/mol. The van der Waals surface area contributed by atoms with Crippen LogP contribution >= 0.6 is 0 Å². The Hall–Kier alpha value is -0.0800. The van der Waals surface area contributed by atoms with Crippen molar-refractivity contribution in [1.29, 1.82) is 0 Å². The van der Waals surface area contributed by atoms with Crippen LogP contribution in [0.5, 0.6) is 0 Å². The SMILES string of the molecule is CC(C)C.CC(C)CCO.CC(C)CO. The first-order chi connectivity index (χ1) is 6.77. The maximum Gasteiger partial charge on any atom is 0.0453 e. The molecule has 0 saturated carbocycles. The Bertz CT molecular complexity index is 85.8. The van der Waals surface area contributed by atoms with Gasteiger partial charge in [-0.15, -0.1) is 0 Å². The lowest BCUT2D eigenvalue weighted by Gasteiger charge is -1.95. The fraction of sp³-hybridized carbons (Fsp3) is 1.00. The van der Waals surface area contributed by atoms with Crippen LogP contribution in [0.2, 0.25) is 0 Å². The second kappa shape index (κ2) is 16.4. The minimum atomic E-state index is 0.306. The molecule has 0 unspecified atom stereocenters. The first kappa shape index (κ1) is 20.3. The molecule has 0 heterocycles. The highest BCUT2D eigenvalue weighted by Gasteiger charge is 1.86. The van der Waals surface area contributed by atoms with Crippen molar-refractivity contribution in [2.75, 3.05) is 13.2 Å². The smallest absolute Gasteiger partial charge is 0.0453 e. The van der Waals surface area contributed by atoms with Crippen molar-refractivity contribution in [3.05, 3.63) is 0 Å². The van der Waals surface area contributed by atoms with Gasteiger partial charge >= 0.3 is 0 Å². The Balaban J connectivity index is -0.000000147. The van der Waals surface area contributed by atoms with Crippen molar-refractivity contribution in [3.63, 3.8) is 0 Å². The quantitative estimate of drug-likeness (QED) is 0.766. The van der Waals surface area contributed by atoms with Gasteiger partial charge in [-0.3, -0.25) is 0 Å². The Kier molecular flexibility index (Phi) is 22.2. The number of aliphatic hydroxyl groups excluding tert-OH is 2. The van der Waals surface area contributed by atoms with Crippen molar-refractivity contribution in [2.45, 2.75) is 54.9 Å². The van der Waals surface area contributed by atoms with Crippen LogP contribution in [0.25, 0.3) is 0 Å². The van der Waals surface area contributed by atoms with Crippen LogP contribution in [-0.4, -0.2) is 23.4 Å². The maximum absolute atomic E-state index is 8.24. The highest BCUT2D eigenvalue weighted by atomic mass is 16.3. The van der Waals surface area contributed by atoms with Crippen LogP contribution < -0.4 is 0 Å². The second-order valence-electron chi connectivity index (χ2n) is 5.21. The monoisotopic (exact) mass is 220 g/mol. The molecule has 96 valence electrons. The van der Waals surface area contributed by atoms with E-state index in [4.69, 9.17) is 10.2 Å². The van der Waals surface area contributed by atoms with Crippen LogP contribution in [0.1, 0.15) is 54.9 Å². The van der Waals surface area contributed by atoms with Gasteiger partial charge in [-0.2, -0.15) is 0 Å². The maximum atomic E-state index is 8.24. The molecule has 0 amide bonds. The van der Waals surface area contributed by atoms with Crippen molar-refractivity contribution in [1.82, 2.24) is 0 Å². The predicted octanol–water partition coefficient (Wildman–Crippen LogP) is 3.32. The van der Waals surface area contributed by atoms with E-state index in [1.54, 1.807) is 0 Å². The standard InChI is InChI=1S/C5H12O.C4H10O.C4H10/c1-5(2)3-4-6;1-4(2)3-5;1-4(2)3/h5-6H,3-4H2,1-2H3;4-5H,3H2,1-2H3;4H,1-3H3. The van der Waals surface area contributed by atoms with Gasteiger partial charge in [0.05, 0.1) is 0 Å². The summed E-state index contributed by atoms with van der Waals surface area (Å²) >= 11 is 0. The molecule has 0 spiro atoms. The van der Waals surface area contributed by atoms with E-state index in [2.05, 4.69) is 34.6 Å². The zero-order valence-electron chi connectivity index (χ0n) is 11.7. The number of aliphatic hydroxyl groups is 2. The van der Waals surface area contributed by atoms with E-state index in [9.17, 15) is 0 Å². The zero-order chi connectivity index (χ0) is 12.9. The van der Waals surface area contributed by atoms with E-state index < -0.39 is 0 Å². The van der Waals surface area contributed by atoms with Crippen LogP contribution in [-0.2, 0) is 0 Å². The van der Waals surface area contributed by atoms with Crippen molar-refractivity contribution >= 4 is 0 Å². The average molecular weight is 220 g/mol. The Morgan fingerprint density at radius 1 is 0.733 bits per heavy atom.